The molecule has 0 aliphatic carbocycles. The second-order valence-corrected chi connectivity index (χ2v) is 3.23. The highest BCUT2D eigenvalue weighted by Gasteiger charge is 2.03. The van der Waals surface area contributed by atoms with Gasteiger partial charge in [0.15, 0.2) is 0 Å². The van der Waals surface area contributed by atoms with Gasteiger partial charge >= 0.3 is 0 Å². The molecule has 1 heterocycles. The lowest BCUT2D eigenvalue weighted by Crippen LogP contribution is -1.89. The molecule has 0 saturated carbocycles. The summed E-state index contributed by atoms with van der Waals surface area (Å²) in [5.74, 6) is 0. The maximum Gasteiger partial charge on any atom is 0.0670 e. The number of nitrogens with zero attached hydrogens (tertiary/aromatic N) is 2. The van der Waals surface area contributed by atoms with Gasteiger partial charge in [-0.3, -0.25) is 4.98 Å². The van der Waals surface area contributed by atoms with Crippen molar-refractivity contribution < 1.29 is 0 Å². The van der Waals surface area contributed by atoms with Crippen LogP contribution in [0.25, 0.3) is 11.1 Å². The Kier molecular flexibility index (Phi) is 2.75. The molecule has 0 aliphatic heterocycles. The van der Waals surface area contributed by atoms with E-state index in [2.05, 4.69) is 11.1 Å². The van der Waals surface area contributed by atoms with E-state index in [-0.39, 0.29) is 0 Å². The van der Waals surface area contributed by atoms with Crippen molar-refractivity contribution >= 4 is 0 Å². The molecule has 0 aliphatic rings. The zero-order chi connectivity index (χ0) is 10.5. The summed E-state index contributed by atoms with van der Waals surface area (Å²) in [5, 5.41) is 8.71. The van der Waals surface area contributed by atoms with E-state index < -0.39 is 0 Å². The van der Waals surface area contributed by atoms with Gasteiger partial charge in [0.1, 0.15) is 0 Å². The monoisotopic (exact) mass is 194 g/mol. The Bertz CT molecular complexity index is 483. The average molecular weight is 194 g/mol. The van der Waals surface area contributed by atoms with E-state index in [1.54, 1.807) is 12.4 Å². The highest BCUT2D eigenvalue weighted by atomic mass is 14.6. The number of benzene rings is 1. The number of hydrogen-bond donors (Lipinski definition) is 0. The molecule has 0 unspecified atom stereocenters. The molecular weight excluding hydrogens is 184 g/mol. The minimum Gasteiger partial charge on any atom is -0.264 e. The van der Waals surface area contributed by atoms with Gasteiger partial charge in [0, 0.05) is 12.4 Å². The smallest absolute Gasteiger partial charge is 0.0670 e. The van der Waals surface area contributed by atoms with Crippen LogP contribution in [0.4, 0.5) is 0 Å². The second kappa shape index (κ2) is 4.39. The lowest BCUT2D eigenvalue weighted by atomic mass is 10.0. The Hall–Kier alpha value is -2.14. The molecule has 1 aromatic heterocycles. The van der Waals surface area contributed by atoms with E-state index in [9.17, 15) is 0 Å². The molecule has 0 amide bonds. The van der Waals surface area contributed by atoms with E-state index in [4.69, 9.17) is 5.26 Å². The predicted octanol–water partition coefficient (Wildman–Crippen LogP) is 2.81. The minimum absolute atomic E-state index is 0.401. The molecule has 2 aromatic rings. The summed E-state index contributed by atoms with van der Waals surface area (Å²) in [7, 11) is 0. The highest BCUT2D eigenvalue weighted by Crippen LogP contribution is 2.22. The molecule has 0 bridgehead atoms. The summed E-state index contributed by atoms with van der Waals surface area (Å²) in [6.45, 7) is 0. The summed E-state index contributed by atoms with van der Waals surface area (Å²) in [4.78, 5) is 4.04. The highest BCUT2D eigenvalue weighted by molar-refractivity contribution is 5.66. The third-order valence-electron chi connectivity index (χ3n) is 2.26. The molecule has 0 fully saturated rings. The Balaban J connectivity index is 2.49. The SMILES string of the molecule is N#CCc1cnccc1-c1ccccc1. The number of hydrogen-bond acceptors (Lipinski definition) is 2. The van der Waals surface area contributed by atoms with Crippen LogP contribution in [0, 0.1) is 11.3 Å². The van der Waals surface area contributed by atoms with Gasteiger partial charge in [-0.2, -0.15) is 5.26 Å². The molecule has 0 saturated heterocycles. The normalized spacial score (nSPS) is 9.53. The molecule has 72 valence electrons. The Morgan fingerprint density at radius 3 is 2.67 bits per heavy atom. The van der Waals surface area contributed by atoms with Gasteiger partial charge in [-0.1, -0.05) is 30.3 Å². The molecular formula is C13H10N2. The van der Waals surface area contributed by atoms with Gasteiger partial charge < -0.3 is 0 Å². The van der Waals surface area contributed by atoms with Crippen LogP contribution < -0.4 is 0 Å². The van der Waals surface area contributed by atoms with Crippen molar-refractivity contribution in [3.05, 3.63) is 54.4 Å². The van der Waals surface area contributed by atoms with E-state index in [1.165, 1.54) is 0 Å². The Labute approximate surface area is 88.8 Å². The van der Waals surface area contributed by atoms with Crippen LogP contribution in [0.1, 0.15) is 5.56 Å². The van der Waals surface area contributed by atoms with Gasteiger partial charge in [-0.25, -0.2) is 0 Å². The van der Waals surface area contributed by atoms with E-state index in [0.29, 0.717) is 6.42 Å². The summed E-state index contributed by atoms with van der Waals surface area (Å²) < 4.78 is 0. The summed E-state index contributed by atoms with van der Waals surface area (Å²) in [6, 6.07) is 14.1. The van der Waals surface area contributed by atoms with Crippen molar-refractivity contribution in [2.45, 2.75) is 6.42 Å². The number of nitriles is 1. The van der Waals surface area contributed by atoms with E-state index in [1.807, 2.05) is 36.4 Å². The van der Waals surface area contributed by atoms with Crippen LogP contribution >= 0.6 is 0 Å². The second-order valence-electron chi connectivity index (χ2n) is 3.23. The zero-order valence-corrected chi connectivity index (χ0v) is 8.22. The molecule has 0 atom stereocenters. The molecule has 2 rings (SSSR count). The van der Waals surface area contributed by atoms with E-state index >= 15 is 0 Å². The lowest BCUT2D eigenvalue weighted by Gasteiger charge is -2.05. The van der Waals surface area contributed by atoms with Crippen molar-refractivity contribution in [1.82, 2.24) is 4.98 Å². The topological polar surface area (TPSA) is 36.7 Å². The van der Waals surface area contributed by atoms with Crippen LogP contribution in [0.15, 0.2) is 48.8 Å². The third kappa shape index (κ3) is 2.03. The average Bonchev–Trinajstić information content (AvgIpc) is 2.31. The van der Waals surface area contributed by atoms with Crippen molar-refractivity contribution in [2.75, 3.05) is 0 Å². The molecule has 0 radical (unpaired) electrons. The minimum atomic E-state index is 0.401. The van der Waals surface area contributed by atoms with Gasteiger partial charge in [-0.15, -0.1) is 0 Å². The van der Waals surface area contributed by atoms with Gasteiger partial charge in [0.05, 0.1) is 12.5 Å². The van der Waals surface area contributed by atoms with Gasteiger partial charge in [-0.05, 0) is 22.8 Å². The number of pyridine rings is 1. The summed E-state index contributed by atoms with van der Waals surface area (Å²) >= 11 is 0. The van der Waals surface area contributed by atoms with Crippen molar-refractivity contribution in [3.63, 3.8) is 0 Å². The fraction of sp³-hybridized carbons (Fsp3) is 0.0769. The summed E-state index contributed by atoms with van der Waals surface area (Å²) in [5.41, 5.74) is 3.20. The molecule has 2 nitrogen and oxygen atoms in total. The van der Waals surface area contributed by atoms with Crippen LogP contribution in [0.2, 0.25) is 0 Å². The van der Waals surface area contributed by atoms with Gasteiger partial charge in [0.25, 0.3) is 0 Å². The first kappa shape index (κ1) is 9.42. The zero-order valence-electron chi connectivity index (χ0n) is 8.22. The molecule has 1 aromatic carbocycles. The van der Waals surface area contributed by atoms with Crippen molar-refractivity contribution in [1.29, 1.82) is 5.26 Å². The fourth-order valence-electron chi connectivity index (χ4n) is 1.55. The standard InChI is InChI=1S/C13H10N2/c14-8-6-12-10-15-9-7-13(12)11-4-2-1-3-5-11/h1-5,7,9-10H,6H2. The quantitative estimate of drug-likeness (QED) is 0.737. The number of rotatable bonds is 2. The first-order chi connectivity index (χ1) is 7.42. The van der Waals surface area contributed by atoms with E-state index in [0.717, 1.165) is 16.7 Å². The van der Waals surface area contributed by atoms with Crippen molar-refractivity contribution in [2.24, 2.45) is 0 Å². The largest absolute Gasteiger partial charge is 0.264 e. The Morgan fingerprint density at radius 2 is 1.93 bits per heavy atom. The molecule has 0 N–H and O–H groups in total. The predicted molar refractivity (Wildman–Crippen MR) is 59.0 cm³/mol. The van der Waals surface area contributed by atoms with Crippen LogP contribution in [-0.4, -0.2) is 4.98 Å². The summed E-state index contributed by atoms with van der Waals surface area (Å²) in [6.07, 6.45) is 3.91. The molecule has 0 spiro atoms. The first-order valence-corrected chi connectivity index (χ1v) is 4.77. The maximum atomic E-state index is 8.71. The van der Waals surface area contributed by atoms with Crippen molar-refractivity contribution in [3.8, 4) is 17.2 Å². The number of aromatic nitrogens is 1. The molecule has 2 heteroatoms. The van der Waals surface area contributed by atoms with Crippen LogP contribution in [-0.2, 0) is 6.42 Å². The van der Waals surface area contributed by atoms with Crippen LogP contribution in [0.5, 0.6) is 0 Å². The maximum absolute atomic E-state index is 8.71. The fourth-order valence-corrected chi connectivity index (χ4v) is 1.55. The lowest BCUT2D eigenvalue weighted by molar-refractivity contribution is 1.19. The first-order valence-electron chi connectivity index (χ1n) is 4.77. The van der Waals surface area contributed by atoms with Crippen LogP contribution in [0.3, 0.4) is 0 Å². The third-order valence-corrected chi connectivity index (χ3v) is 2.26. The van der Waals surface area contributed by atoms with Gasteiger partial charge in [0.2, 0.25) is 0 Å². The molecule has 15 heavy (non-hydrogen) atoms. The Morgan fingerprint density at radius 1 is 1.13 bits per heavy atom.